The number of hydrogen-bond donors (Lipinski definition) is 2. The summed E-state index contributed by atoms with van der Waals surface area (Å²) in [4.78, 5) is 4.20. The van der Waals surface area contributed by atoms with Gasteiger partial charge in [0.1, 0.15) is 5.82 Å². The average molecular weight is 457 g/mol. The molecule has 0 aromatic heterocycles. The zero-order valence-electron chi connectivity index (χ0n) is 13.9. The van der Waals surface area contributed by atoms with Gasteiger partial charge < -0.3 is 20.1 Å². The van der Waals surface area contributed by atoms with Crippen LogP contribution in [0.2, 0.25) is 0 Å². The van der Waals surface area contributed by atoms with Crippen molar-refractivity contribution in [3.05, 3.63) is 59.4 Å². The highest BCUT2D eigenvalue weighted by Gasteiger charge is 2.13. The maximum atomic E-state index is 12.9. The zero-order valence-corrected chi connectivity index (χ0v) is 16.3. The predicted molar refractivity (Wildman–Crippen MR) is 106 cm³/mol. The molecule has 134 valence electrons. The van der Waals surface area contributed by atoms with E-state index in [0.29, 0.717) is 13.1 Å². The minimum atomic E-state index is -0.215. The SMILES string of the molecule is CN=C(NCCc1ccc(F)cc1)NCc1ccc2c(c1)OCO2.I. The van der Waals surface area contributed by atoms with Crippen LogP contribution < -0.4 is 20.1 Å². The van der Waals surface area contributed by atoms with Gasteiger partial charge in [0.15, 0.2) is 17.5 Å². The van der Waals surface area contributed by atoms with Crippen LogP contribution in [0.15, 0.2) is 47.5 Å². The lowest BCUT2D eigenvalue weighted by molar-refractivity contribution is 0.174. The number of halogens is 2. The number of guanidine groups is 1. The van der Waals surface area contributed by atoms with Gasteiger partial charge in [0, 0.05) is 20.1 Å². The van der Waals surface area contributed by atoms with E-state index in [2.05, 4.69) is 15.6 Å². The lowest BCUT2D eigenvalue weighted by atomic mass is 10.1. The predicted octanol–water partition coefficient (Wildman–Crippen LogP) is 3.08. The largest absolute Gasteiger partial charge is 0.454 e. The number of fused-ring (bicyclic) bond motifs is 1. The van der Waals surface area contributed by atoms with Gasteiger partial charge in [-0.1, -0.05) is 18.2 Å². The number of hydrogen-bond acceptors (Lipinski definition) is 3. The molecule has 1 aliphatic heterocycles. The first kappa shape index (κ1) is 19.3. The summed E-state index contributed by atoms with van der Waals surface area (Å²) in [6.07, 6.45) is 0.797. The third-order valence-electron chi connectivity index (χ3n) is 3.74. The molecule has 0 fully saturated rings. The number of rotatable bonds is 5. The quantitative estimate of drug-likeness (QED) is 0.412. The smallest absolute Gasteiger partial charge is 0.231 e. The molecule has 25 heavy (non-hydrogen) atoms. The maximum Gasteiger partial charge on any atom is 0.231 e. The van der Waals surface area contributed by atoms with Crippen LogP contribution in [-0.4, -0.2) is 26.3 Å². The average Bonchev–Trinajstić information content (AvgIpc) is 3.07. The van der Waals surface area contributed by atoms with Crippen LogP contribution in [0.4, 0.5) is 4.39 Å². The molecule has 0 saturated heterocycles. The van der Waals surface area contributed by atoms with Crippen LogP contribution >= 0.6 is 24.0 Å². The molecule has 2 aromatic carbocycles. The van der Waals surface area contributed by atoms with Gasteiger partial charge in [-0.25, -0.2) is 4.39 Å². The standard InChI is InChI=1S/C18H20FN3O2.HI/c1-20-18(21-9-8-13-2-5-15(19)6-3-13)22-11-14-4-7-16-17(10-14)24-12-23-16;/h2-7,10H,8-9,11-12H2,1H3,(H2,20,21,22);1H. The summed E-state index contributed by atoms with van der Waals surface area (Å²) in [5, 5.41) is 6.50. The van der Waals surface area contributed by atoms with Crippen LogP contribution in [0.5, 0.6) is 11.5 Å². The van der Waals surface area contributed by atoms with Crippen LogP contribution in [0.3, 0.4) is 0 Å². The van der Waals surface area contributed by atoms with Crippen LogP contribution in [-0.2, 0) is 13.0 Å². The van der Waals surface area contributed by atoms with Gasteiger partial charge in [0.05, 0.1) is 0 Å². The summed E-state index contributed by atoms with van der Waals surface area (Å²) >= 11 is 0. The van der Waals surface area contributed by atoms with E-state index in [0.717, 1.165) is 35.0 Å². The van der Waals surface area contributed by atoms with Crippen molar-refractivity contribution >= 4 is 29.9 Å². The molecule has 0 unspecified atom stereocenters. The lowest BCUT2D eigenvalue weighted by Gasteiger charge is -2.12. The third-order valence-corrected chi connectivity index (χ3v) is 3.74. The zero-order chi connectivity index (χ0) is 16.8. The van der Waals surface area contributed by atoms with E-state index in [4.69, 9.17) is 9.47 Å². The van der Waals surface area contributed by atoms with Crippen molar-refractivity contribution in [2.75, 3.05) is 20.4 Å². The molecule has 1 heterocycles. The van der Waals surface area contributed by atoms with Gasteiger partial charge in [-0.15, -0.1) is 24.0 Å². The molecule has 1 aliphatic rings. The van der Waals surface area contributed by atoms with Crippen LogP contribution in [0.1, 0.15) is 11.1 Å². The first-order valence-electron chi connectivity index (χ1n) is 7.82. The highest BCUT2D eigenvalue weighted by molar-refractivity contribution is 14.0. The highest BCUT2D eigenvalue weighted by atomic mass is 127. The summed E-state index contributed by atoms with van der Waals surface area (Å²) in [6, 6.07) is 12.4. The lowest BCUT2D eigenvalue weighted by Crippen LogP contribution is -2.37. The maximum absolute atomic E-state index is 12.9. The Morgan fingerprint density at radius 3 is 2.52 bits per heavy atom. The second kappa shape index (κ2) is 9.45. The van der Waals surface area contributed by atoms with Crippen molar-refractivity contribution in [1.29, 1.82) is 0 Å². The molecule has 0 saturated carbocycles. The Kier molecular flexibility index (Phi) is 7.30. The number of nitrogens with one attached hydrogen (secondary N) is 2. The van der Waals surface area contributed by atoms with Gasteiger partial charge >= 0.3 is 0 Å². The highest BCUT2D eigenvalue weighted by Crippen LogP contribution is 2.32. The molecule has 7 heteroatoms. The number of nitrogens with zero attached hydrogens (tertiary/aromatic N) is 1. The molecule has 5 nitrogen and oxygen atoms in total. The minimum Gasteiger partial charge on any atom is -0.454 e. The molecule has 0 atom stereocenters. The van der Waals surface area contributed by atoms with Gasteiger partial charge in [0.2, 0.25) is 6.79 Å². The molecule has 2 aromatic rings. The van der Waals surface area contributed by atoms with E-state index < -0.39 is 0 Å². The van der Waals surface area contributed by atoms with Gasteiger partial charge in [0.25, 0.3) is 0 Å². The fourth-order valence-electron chi connectivity index (χ4n) is 2.43. The topological polar surface area (TPSA) is 54.9 Å². The van der Waals surface area contributed by atoms with E-state index in [1.807, 2.05) is 18.2 Å². The fourth-order valence-corrected chi connectivity index (χ4v) is 2.43. The Hall–Kier alpha value is -2.03. The second-order valence-corrected chi connectivity index (χ2v) is 5.42. The third kappa shape index (κ3) is 5.48. The van der Waals surface area contributed by atoms with E-state index in [1.54, 1.807) is 19.2 Å². The van der Waals surface area contributed by atoms with Crippen LogP contribution in [0, 0.1) is 5.82 Å². The molecular formula is C18H21FIN3O2. The second-order valence-electron chi connectivity index (χ2n) is 5.42. The van der Waals surface area contributed by atoms with Crippen molar-refractivity contribution in [3.63, 3.8) is 0 Å². The molecule has 0 radical (unpaired) electrons. The van der Waals surface area contributed by atoms with Crippen molar-refractivity contribution in [1.82, 2.24) is 10.6 Å². The molecule has 3 rings (SSSR count). The molecule has 0 amide bonds. The Balaban J connectivity index is 0.00000225. The number of aliphatic imine (C=N–C) groups is 1. The Bertz CT molecular complexity index is 723. The summed E-state index contributed by atoms with van der Waals surface area (Å²) < 4.78 is 23.5. The Labute approximate surface area is 163 Å². The normalized spacial score (nSPS) is 12.5. The first-order chi connectivity index (χ1) is 11.7. The van der Waals surface area contributed by atoms with E-state index in [9.17, 15) is 4.39 Å². The minimum absolute atomic E-state index is 0. The van der Waals surface area contributed by atoms with Gasteiger partial charge in [-0.2, -0.15) is 0 Å². The Morgan fingerprint density at radius 1 is 1.04 bits per heavy atom. The number of benzene rings is 2. The van der Waals surface area contributed by atoms with Gasteiger partial charge in [-0.05, 0) is 41.8 Å². The van der Waals surface area contributed by atoms with Crippen molar-refractivity contribution in [2.45, 2.75) is 13.0 Å². The fraction of sp³-hybridized carbons (Fsp3) is 0.278. The van der Waals surface area contributed by atoms with Gasteiger partial charge in [-0.3, -0.25) is 4.99 Å². The summed E-state index contributed by atoms with van der Waals surface area (Å²) in [5.74, 6) is 2.05. The molecule has 0 aliphatic carbocycles. The van der Waals surface area contributed by atoms with E-state index in [1.165, 1.54) is 12.1 Å². The monoisotopic (exact) mass is 457 g/mol. The van der Waals surface area contributed by atoms with E-state index >= 15 is 0 Å². The first-order valence-corrected chi connectivity index (χ1v) is 7.82. The molecule has 0 spiro atoms. The van der Waals surface area contributed by atoms with Crippen molar-refractivity contribution < 1.29 is 13.9 Å². The summed E-state index contributed by atoms with van der Waals surface area (Å²) in [5.41, 5.74) is 2.16. The number of ether oxygens (including phenoxy) is 2. The van der Waals surface area contributed by atoms with Crippen LogP contribution in [0.25, 0.3) is 0 Å². The van der Waals surface area contributed by atoms with E-state index in [-0.39, 0.29) is 36.6 Å². The van der Waals surface area contributed by atoms with Crippen molar-refractivity contribution in [3.8, 4) is 11.5 Å². The molecule has 2 N–H and O–H groups in total. The summed E-state index contributed by atoms with van der Waals surface area (Å²) in [7, 11) is 1.73. The molecular weight excluding hydrogens is 436 g/mol. The van der Waals surface area contributed by atoms with Crippen molar-refractivity contribution in [2.24, 2.45) is 4.99 Å². The molecule has 0 bridgehead atoms. The summed E-state index contributed by atoms with van der Waals surface area (Å²) in [6.45, 7) is 1.62. The Morgan fingerprint density at radius 2 is 1.76 bits per heavy atom.